The third-order valence-electron chi connectivity index (χ3n) is 5.04. The van der Waals surface area contributed by atoms with E-state index in [1.165, 1.54) is 0 Å². The van der Waals surface area contributed by atoms with Crippen molar-refractivity contribution < 1.29 is 14.3 Å². The van der Waals surface area contributed by atoms with Crippen molar-refractivity contribution >= 4 is 35.8 Å². The molecule has 1 heterocycles. The topological polar surface area (TPSA) is 75.2 Å². The van der Waals surface area contributed by atoms with Gasteiger partial charge in [-0.25, -0.2) is 4.99 Å². The maximum atomic E-state index is 12.2. The molecule has 0 aliphatic carbocycles. The van der Waals surface area contributed by atoms with Crippen molar-refractivity contribution in [2.45, 2.75) is 39.0 Å². The fourth-order valence-corrected chi connectivity index (χ4v) is 3.22. The third kappa shape index (κ3) is 7.24. The van der Waals surface area contributed by atoms with Crippen LogP contribution in [0.15, 0.2) is 23.2 Å². The minimum absolute atomic E-state index is 0. The highest BCUT2D eigenvalue weighted by Gasteiger charge is 2.23. The van der Waals surface area contributed by atoms with Crippen LogP contribution >= 0.6 is 24.0 Å². The average molecular weight is 518 g/mol. The van der Waals surface area contributed by atoms with Crippen LogP contribution in [0.2, 0.25) is 0 Å². The lowest BCUT2D eigenvalue weighted by molar-refractivity contribution is -0.128. The van der Waals surface area contributed by atoms with E-state index >= 15 is 0 Å². The predicted molar refractivity (Wildman–Crippen MR) is 128 cm³/mol. The van der Waals surface area contributed by atoms with Gasteiger partial charge < -0.3 is 25.0 Å². The molecule has 1 aliphatic heterocycles. The number of hydrogen-bond donors (Lipinski definition) is 2. The summed E-state index contributed by atoms with van der Waals surface area (Å²) in [6.45, 7) is 9.59. The summed E-state index contributed by atoms with van der Waals surface area (Å²) in [6.07, 6.45) is 2.18. The maximum absolute atomic E-state index is 12.2. The Bertz CT molecular complexity index is 689. The van der Waals surface area contributed by atoms with E-state index in [1.54, 1.807) is 14.2 Å². The minimum Gasteiger partial charge on any atom is -0.493 e. The molecule has 1 amide bonds. The Balaban J connectivity index is 0.00000420. The Morgan fingerprint density at radius 1 is 1.14 bits per heavy atom. The van der Waals surface area contributed by atoms with Crippen LogP contribution in [-0.4, -0.2) is 63.7 Å². The number of hydrogen-bond acceptors (Lipinski definition) is 4. The Hall–Kier alpha value is -1.71. The fraction of sp³-hybridized carbons (Fsp3) is 0.619. The van der Waals surface area contributed by atoms with E-state index in [9.17, 15) is 4.79 Å². The van der Waals surface area contributed by atoms with Crippen molar-refractivity contribution in [3.05, 3.63) is 23.8 Å². The molecule has 1 fully saturated rings. The molecule has 29 heavy (non-hydrogen) atoms. The van der Waals surface area contributed by atoms with Crippen LogP contribution in [0.5, 0.6) is 11.5 Å². The molecule has 0 unspecified atom stereocenters. The first-order valence-corrected chi connectivity index (χ1v) is 9.93. The first-order chi connectivity index (χ1) is 13.4. The molecule has 7 nitrogen and oxygen atoms in total. The first kappa shape index (κ1) is 25.3. The van der Waals surface area contributed by atoms with Crippen molar-refractivity contribution in [3.63, 3.8) is 0 Å². The molecule has 0 saturated carbocycles. The number of aliphatic imine (C=N–C) groups is 1. The summed E-state index contributed by atoms with van der Waals surface area (Å²) in [5, 5.41) is 6.58. The quantitative estimate of drug-likeness (QED) is 0.315. The Morgan fingerprint density at radius 2 is 1.79 bits per heavy atom. The van der Waals surface area contributed by atoms with Crippen molar-refractivity contribution in [2.75, 3.05) is 46.9 Å². The number of carbonyl (C=O) groups excluding carboxylic acids is 1. The summed E-state index contributed by atoms with van der Waals surface area (Å²) in [4.78, 5) is 18.6. The number of carbonyl (C=O) groups is 1. The zero-order valence-electron chi connectivity index (χ0n) is 18.2. The molecule has 0 spiro atoms. The molecule has 2 rings (SSSR count). The van der Waals surface area contributed by atoms with Gasteiger partial charge in [-0.1, -0.05) is 19.9 Å². The summed E-state index contributed by atoms with van der Waals surface area (Å²) < 4.78 is 10.8. The maximum Gasteiger partial charge on any atom is 0.244 e. The summed E-state index contributed by atoms with van der Waals surface area (Å²) in [5.41, 5.74) is 0.955. The van der Waals surface area contributed by atoms with Crippen LogP contribution in [0.4, 0.5) is 0 Å². The molecule has 1 saturated heterocycles. The van der Waals surface area contributed by atoms with Gasteiger partial charge in [0.2, 0.25) is 5.91 Å². The van der Waals surface area contributed by atoms with E-state index in [2.05, 4.69) is 29.5 Å². The Labute approximate surface area is 191 Å². The van der Waals surface area contributed by atoms with Crippen molar-refractivity contribution in [3.8, 4) is 11.5 Å². The third-order valence-corrected chi connectivity index (χ3v) is 5.04. The van der Waals surface area contributed by atoms with Gasteiger partial charge in [-0.15, -0.1) is 24.0 Å². The van der Waals surface area contributed by atoms with Crippen molar-refractivity contribution in [1.29, 1.82) is 0 Å². The van der Waals surface area contributed by atoms with E-state index in [0.29, 0.717) is 24.0 Å². The van der Waals surface area contributed by atoms with Gasteiger partial charge in [0.05, 0.1) is 14.2 Å². The lowest BCUT2D eigenvalue weighted by Crippen LogP contribution is -2.44. The number of halogens is 1. The number of ether oxygens (including phenoxy) is 2. The molecule has 0 aromatic heterocycles. The van der Waals surface area contributed by atoms with Crippen LogP contribution in [0.1, 0.15) is 39.2 Å². The van der Waals surface area contributed by atoms with Gasteiger partial charge >= 0.3 is 0 Å². The molecule has 2 N–H and O–H groups in total. The monoisotopic (exact) mass is 518 g/mol. The van der Waals surface area contributed by atoms with Crippen LogP contribution in [-0.2, 0) is 10.2 Å². The molecular formula is C21H35IN4O3. The average Bonchev–Trinajstić information content (AvgIpc) is 3.24. The van der Waals surface area contributed by atoms with Crippen LogP contribution in [0.25, 0.3) is 0 Å². The lowest BCUT2D eigenvalue weighted by atomic mass is 9.84. The highest BCUT2D eigenvalue weighted by atomic mass is 127. The second kappa shape index (κ2) is 12.1. The second-order valence-electron chi connectivity index (χ2n) is 7.59. The molecule has 0 atom stereocenters. The van der Waals surface area contributed by atoms with E-state index in [-0.39, 0.29) is 41.8 Å². The SMILES string of the molecule is CCNC(=NCC(=O)N1CCCC1)NCC(C)(C)c1ccc(OC)c(OC)c1.I. The largest absolute Gasteiger partial charge is 0.493 e. The molecule has 164 valence electrons. The molecule has 0 radical (unpaired) electrons. The van der Waals surface area contributed by atoms with E-state index in [4.69, 9.17) is 9.47 Å². The number of nitrogens with one attached hydrogen (secondary N) is 2. The number of rotatable bonds is 8. The van der Waals surface area contributed by atoms with Crippen molar-refractivity contribution in [2.24, 2.45) is 4.99 Å². The van der Waals surface area contributed by atoms with Gasteiger partial charge in [0, 0.05) is 31.6 Å². The normalized spacial score (nSPS) is 14.2. The van der Waals surface area contributed by atoms with Crippen LogP contribution < -0.4 is 20.1 Å². The molecule has 1 aromatic rings. The van der Waals surface area contributed by atoms with E-state index in [0.717, 1.165) is 38.0 Å². The highest BCUT2D eigenvalue weighted by Crippen LogP contribution is 2.32. The summed E-state index contributed by atoms with van der Waals surface area (Å²) in [5.74, 6) is 2.17. The summed E-state index contributed by atoms with van der Waals surface area (Å²) in [6, 6.07) is 5.97. The standard InChI is InChI=1S/C21H34N4O3.HI/c1-6-22-20(23-14-19(26)25-11-7-8-12-25)24-15-21(2,3)16-9-10-17(27-4)18(13-16)28-5;/h9-10,13H,6-8,11-12,14-15H2,1-5H3,(H2,22,23,24);1H. The summed E-state index contributed by atoms with van der Waals surface area (Å²) >= 11 is 0. The van der Waals surface area contributed by atoms with Crippen LogP contribution in [0, 0.1) is 0 Å². The molecule has 0 bridgehead atoms. The molecular weight excluding hydrogens is 483 g/mol. The number of amides is 1. The summed E-state index contributed by atoms with van der Waals surface area (Å²) in [7, 11) is 3.27. The van der Waals surface area contributed by atoms with Gasteiger partial charge in [-0.2, -0.15) is 0 Å². The first-order valence-electron chi connectivity index (χ1n) is 9.93. The number of methoxy groups -OCH3 is 2. The molecule has 1 aromatic carbocycles. The lowest BCUT2D eigenvalue weighted by Gasteiger charge is -2.27. The second-order valence-corrected chi connectivity index (χ2v) is 7.59. The number of nitrogens with zero attached hydrogens (tertiary/aromatic N) is 2. The molecule has 8 heteroatoms. The number of benzene rings is 1. The van der Waals surface area contributed by atoms with E-state index in [1.807, 2.05) is 30.0 Å². The zero-order chi connectivity index (χ0) is 20.6. The Morgan fingerprint density at radius 3 is 2.38 bits per heavy atom. The zero-order valence-corrected chi connectivity index (χ0v) is 20.5. The Kier molecular flexibility index (Phi) is 10.6. The molecule has 1 aliphatic rings. The fourth-order valence-electron chi connectivity index (χ4n) is 3.22. The number of likely N-dealkylation sites (tertiary alicyclic amines) is 1. The smallest absolute Gasteiger partial charge is 0.244 e. The minimum atomic E-state index is -0.172. The van der Waals surface area contributed by atoms with Gasteiger partial charge in [-0.05, 0) is 37.5 Å². The van der Waals surface area contributed by atoms with E-state index < -0.39 is 0 Å². The van der Waals surface area contributed by atoms with Gasteiger partial charge in [0.15, 0.2) is 17.5 Å². The van der Waals surface area contributed by atoms with Gasteiger partial charge in [-0.3, -0.25) is 4.79 Å². The highest BCUT2D eigenvalue weighted by molar-refractivity contribution is 14.0. The van der Waals surface area contributed by atoms with Crippen LogP contribution in [0.3, 0.4) is 0 Å². The predicted octanol–water partition coefficient (Wildman–Crippen LogP) is 2.78. The van der Waals surface area contributed by atoms with Gasteiger partial charge in [0.1, 0.15) is 6.54 Å². The van der Waals surface area contributed by atoms with Crippen molar-refractivity contribution in [1.82, 2.24) is 15.5 Å². The number of guanidine groups is 1. The van der Waals surface area contributed by atoms with Gasteiger partial charge in [0.25, 0.3) is 0 Å².